The molecule has 0 atom stereocenters. The van der Waals surface area contributed by atoms with Crippen molar-refractivity contribution >= 4 is 46.4 Å². The molecule has 2 N–H and O–H groups in total. The smallest absolute Gasteiger partial charge is 0.335 e. The number of aromatic carboxylic acids is 1. The zero-order valence-corrected chi connectivity index (χ0v) is 11.3. The summed E-state index contributed by atoms with van der Waals surface area (Å²) >= 11 is 11.3. The van der Waals surface area contributed by atoms with E-state index in [0.717, 1.165) is 6.08 Å². The van der Waals surface area contributed by atoms with Gasteiger partial charge in [-0.15, -0.1) is 0 Å². The van der Waals surface area contributed by atoms with Crippen LogP contribution in [0.2, 0.25) is 0 Å². The molecule has 0 heterocycles. The van der Waals surface area contributed by atoms with Gasteiger partial charge in [-0.2, -0.15) is 0 Å². The normalized spacial score (nSPS) is 15.2. The highest BCUT2D eigenvalue weighted by Gasteiger charge is 2.26. The predicted molar refractivity (Wildman–Crippen MR) is 73.9 cm³/mol. The van der Waals surface area contributed by atoms with Gasteiger partial charge in [-0.3, -0.25) is 9.59 Å². The van der Waals surface area contributed by atoms with Gasteiger partial charge < -0.3 is 10.4 Å². The molecule has 0 aliphatic heterocycles. The van der Waals surface area contributed by atoms with E-state index in [-0.39, 0.29) is 21.3 Å². The van der Waals surface area contributed by atoms with Crippen LogP contribution in [-0.2, 0) is 9.59 Å². The minimum Gasteiger partial charge on any atom is -0.478 e. The molecule has 0 saturated carbocycles. The van der Waals surface area contributed by atoms with Gasteiger partial charge in [0.1, 0.15) is 10.7 Å². The van der Waals surface area contributed by atoms with Crippen molar-refractivity contribution in [1.29, 1.82) is 0 Å². The number of anilines is 1. The third kappa shape index (κ3) is 2.74. The molecule has 1 aliphatic carbocycles. The van der Waals surface area contributed by atoms with E-state index in [1.54, 1.807) is 0 Å². The van der Waals surface area contributed by atoms with E-state index >= 15 is 0 Å². The van der Waals surface area contributed by atoms with E-state index in [1.807, 2.05) is 0 Å². The summed E-state index contributed by atoms with van der Waals surface area (Å²) in [6, 6.07) is 5.63. The number of carbonyl (C=O) groups excluding carboxylic acids is 2. The standard InChI is InChI=1S/C13H7Cl2NO4/c14-8-5-9(17)11(10(15)12(8)18)16-7-3-1-6(2-4-7)13(19)20/h1-5,16H,(H,19,20). The Kier molecular flexibility index (Phi) is 3.92. The van der Waals surface area contributed by atoms with Crippen LogP contribution >= 0.6 is 23.2 Å². The van der Waals surface area contributed by atoms with Crippen molar-refractivity contribution in [3.63, 3.8) is 0 Å². The molecule has 20 heavy (non-hydrogen) atoms. The minimum atomic E-state index is -1.06. The monoisotopic (exact) mass is 311 g/mol. The first-order valence-electron chi connectivity index (χ1n) is 5.36. The van der Waals surface area contributed by atoms with E-state index in [1.165, 1.54) is 24.3 Å². The molecule has 2 rings (SSSR count). The van der Waals surface area contributed by atoms with E-state index in [2.05, 4.69) is 5.32 Å². The number of carboxylic acids is 1. The van der Waals surface area contributed by atoms with Crippen molar-refractivity contribution in [1.82, 2.24) is 0 Å². The van der Waals surface area contributed by atoms with Gasteiger partial charge in [0.2, 0.25) is 11.6 Å². The van der Waals surface area contributed by atoms with E-state index in [4.69, 9.17) is 28.3 Å². The first-order chi connectivity index (χ1) is 9.40. The average Bonchev–Trinajstić information content (AvgIpc) is 2.42. The Morgan fingerprint density at radius 3 is 2.25 bits per heavy atom. The number of carboxylic acid groups (broad SMARTS) is 1. The van der Waals surface area contributed by atoms with Crippen LogP contribution in [0.3, 0.4) is 0 Å². The van der Waals surface area contributed by atoms with Gasteiger partial charge in [-0.1, -0.05) is 23.2 Å². The van der Waals surface area contributed by atoms with Gasteiger partial charge in [0.25, 0.3) is 0 Å². The number of Topliss-reactive ketones (excluding diaryl/α,β-unsaturated/α-hetero) is 1. The lowest BCUT2D eigenvalue weighted by Gasteiger charge is -2.14. The van der Waals surface area contributed by atoms with Crippen LogP contribution in [0.4, 0.5) is 5.69 Å². The van der Waals surface area contributed by atoms with Crippen LogP contribution in [0.1, 0.15) is 10.4 Å². The Labute approximate surface area is 123 Å². The molecule has 0 aromatic heterocycles. The second-order valence-corrected chi connectivity index (χ2v) is 4.67. The molecule has 1 aliphatic rings. The Balaban J connectivity index is 2.28. The summed E-state index contributed by atoms with van der Waals surface area (Å²) in [5.74, 6) is -2.23. The number of carbonyl (C=O) groups is 3. The summed E-state index contributed by atoms with van der Waals surface area (Å²) in [5.41, 5.74) is 0.435. The van der Waals surface area contributed by atoms with Crippen molar-refractivity contribution < 1.29 is 19.5 Å². The molecule has 102 valence electrons. The summed E-state index contributed by atoms with van der Waals surface area (Å²) in [6.45, 7) is 0. The van der Waals surface area contributed by atoms with Crippen molar-refractivity contribution in [2.24, 2.45) is 0 Å². The summed E-state index contributed by atoms with van der Waals surface area (Å²) in [7, 11) is 0. The molecular formula is C13H7Cl2NO4. The van der Waals surface area contributed by atoms with E-state index < -0.39 is 17.5 Å². The molecule has 1 aromatic carbocycles. The highest BCUT2D eigenvalue weighted by Crippen LogP contribution is 2.25. The molecular weight excluding hydrogens is 305 g/mol. The molecule has 0 amide bonds. The number of nitrogens with one attached hydrogen (secondary N) is 1. The largest absolute Gasteiger partial charge is 0.478 e. The predicted octanol–water partition coefficient (Wildman–Crippen LogP) is 2.52. The summed E-state index contributed by atoms with van der Waals surface area (Å²) in [6.07, 6.45) is 0.976. The lowest BCUT2D eigenvalue weighted by atomic mass is 10.1. The molecule has 0 fully saturated rings. The van der Waals surface area contributed by atoms with Crippen molar-refractivity contribution in [3.05, 3.63) is 51.7 Å². The minimum absolute atomic E-state index is 0.0934. The fourth-order valence-electron chi connectivity index (χ4n) is 1.54. The van der Waals surface area contributed by atoms with Crippen LogP contribution in [0.25, 0.3) is 0 Å². The second kappa shape index (κ2) is 5.48. The fraction of sp³-hybridized carbons (Fsp3) is 0. The van der Waals surface area contributed by atoms with Crippen molar-refractivity contribution in [2.75, 3.05) is 5.32 Å². The van der Waals surface area contributed by atoms with Crippen molar-refractivity contribution in [3.8, 4) is 0 Å². The van der Waals surface area contributed by atoms with Gasteiger partial charge in [-0.25, -0.2) is 4.79 Å². The Bertz CT molecular complexity index is 674. The van der Waals surface area contributed by atoms with Gasteiger partial charge in [-0.05, 0) is 24.3 Å². The fourth-order valence-corrected chi connectivity index (χ4v) is 2.02. The molecule has 0 spiro atoms. The first kappa shape index (κ1) is 14.3. The van der Waals surface area contributed by atoms with E-state index in [9.17, 15) is 14.4 Å². The molecule has 0 radical (unpaired) electrons. The van der Waals surface area contributed by atoms with Gasteiger partial charge in [0, 0.05) is 11.8 Å². The zero-order valence-electron chi connectivity index (χ0n) is 9.81. The SMILES string of the molecule is O=C1C=C(Cl)C(=O)C(Cl)=C1Nc1ccc(C(=O)O)cc1. The number of rotatable bonds is 3. The maximum absolute atomic E-state index is 11.7. The van der Waals surface area contributed by atoms with Crippen molar-refractivity contribution in [2.45, 2.75) is 0 Å². The molecule has 0 bridgehead atoms. The number of allylic oxidation sites excluding steroid dienone is 3. The quantitative estimate of drug-likeness (QED) is 0.838. The second-order valence-electron chi connectivity index (χ2n) is 3.88. The Hall–Kier alpha value is -2.11. The van der Waals surface area contributed by atoms with Crippen LogP contribution in [0, 0.1) is 0 Å². The first-order valence-corrected chi connectivity index (χ1v) is 6.12. The summed E-state index contributed by atoms with van der Waals surface area (Å²) < 4.78 is 0. The lowest BCUT2D eigenvalue weighted by molar-refractivity contribution is -0.114. The molecule has 5 nitrogen and oxygen atoms in total. The van der Waals surface area contributed by atoms with Gasteiger partial charge in [0.15, 0.2) is 0 Å². The third-order valence-corrected chi connectivity index (χ3v) is 3.18. The zero-order chi connectivity index (χ0) is 14.9. The summed E-state index contributed by atoms with van der Waals surface area (Å²) in [5, 5.41) is 10.9. The number of hydrogen-bond donors (Lipinski definition) is 2. The highest BCUT2D eigenvalue weighted by molar-refractivity contribution is 6.58. The molecule has 0 saturated heterocycles. The lowest BCUT2D eigenvalue weighted by Crippen LogP contribution is -2.19. The number of ketones is 2. The maximum Gasteiger partial charge on any atom is 0.335 e. The maximum atomic E-state index is 11.7. The van der Waals surface area contributed by atoms with Crippen LogP contribution in [-0.4, -0.2) is 22.6 Å². The highest BCUT2D eigenvalue weighted by atomic mass is 35.5. The summed E-state index contributed by atoms with van der Waals surface area (Å²) in [4.78, 5) is 34.0. The Morgan fingerprint density at radius 2 is 1.70 bits per heavy atom. The van der Waals surface area contributed by atoms with Crippen LogP contribution < -0.4 is 5.32 Å². The molecule has 0 unspecified atom stereocenters. The topological polar surface area (TPSA) is 83.5 Å². The van der Waals surface area contributed by atoms with Crippen LogP contribution in [0.5, 0.6) is 0 Å². The number of halogens is 2. The van der Waals surface area contributed by atoms with Gasteiger partial charge >= 0.3 is 5.97 Å². The average molecular weight is 312 g/mol. The number of hydrogen-bond acceptors (Lipinski definition) is 4. The Morgan fingerprint density at radius 1 is 1.10 bits per heavy atom. The number of benzene rings is 1. The molecule has 7 heteroatoms. The van der Waals surface area contributed by atoms with E-state index in [0.29, 0.717) is 5.69 Å². The van der Waals surface area contributed by atoms with Crippen LogP contribution in [0.15, 0.2) is 46.1 Å². The van der Waals surface area contributed by atoms with Gasteiger partial charge in [0.05, 0.1) is 10.6 Å². The molecule has 1 aromatic rings. The third-order valence-electron chi connectivity index (χ3n) is 2.54.